The quantitative estimate of drug-likeness (QED) is 0.524. The van der Waals surface area contributed by atoms with Crippen LogP contribution in [0.3, 0.4) is 0 Å². The van der Waals surface area contributed by atoms with Gasteiger partial charge in [0.1, 0.15) is 5.82 Å². The van der Waals surface area contributed by atoms with E-state index in [1.54, 1.807) is 0 Å². The van der Waals surface area contributed by atoms with Crippen LogP contribution < -0.4 is 15.5 Å². The minimum atomic E-state index is -3.45. The summed E-state index contributed by atoms with van der Waals surface area (Å²) in [5.74, 6) is -4.40. The highest BCUT2D eigenvalue weighted by molar-refractivity contribution is 6.01. The Labute approximate surface area is 197 Å². The van der Waals surface area contributed by atoms with Gasteiger partial charge in [-0.05, 0) is 49.1 Å². The van der Waals surface area contributed by atoms with Crippen molar-refractivity contribution in [1.29, 1.82) is 0 Å². The van der Waals surface area contributed by atoms with Crippen molar-refractivity contribution in [2.24, 2.45) is 0 Å². The Hall–Kier alpha value is -3.49. The number of nitrogens with one attached hydrogen (secondary N) is 2. The molecule has 180 valence electrons. The van der Waals surface area contributed by atoms with Gasteiger partial charge in [0.25, 0.3) is 5.91 Å². The fourth-order valence-electron chi connectivity index (χ4n) is 4.29. The zero-order chi connectivity index (χ0) is 24.3. The number of amides is 3. The maximum absolute atomic E-state index is 13.6. The van der Waals surface area contributed by atoms with E-state index >= 15 is 0 Å². The molecular weight excluding hydrogens is 440 g/mol. The summed E-state index contributed by atoms with van der Waals surface area (Å²) in [6.07, 6.45) is 4.75. The van der Waals surface area contributed by atoms with E-state index < -0.39 is 11.8 Å². The molecule has 3 amide bonds. The molecule has 2 N–H and O–H groups in total. The first-order chi connectivity index (χ1) is 16.3. The van der Waals surface area contributed by atoms with Crippen molar-refractivity contribution in [2.75, 3.05) is 23.3 Å². The summed E-state index contributed by atoms with van der Waals surface area (Å²) in [7, 11) is 0. The fraction of sp³-hybridized carbons (Fsp3) is 0.400. The topological polar surface area (TPSA) is 79.3 Å². The van der Waals surface area contributed by atoms with E-state index in [0.717, 1.165) is 40.0 Å². The third kappa shape index (κ3) is 5.03. The molecule has 34 heavy (non-hydrogen) atoms. The number of aromatic nitrogens is 2. The van der Waals surface area contributed by atoms with Gasteiger partial charge in [0, 0.05) is 50.3 Å². The number of aryl methyl sites for hydroxylation is 2. The largest absolute Gasteiger partial charge is 0.347 e. The number of benzene rings is 1. The summed E-state index contributed by atoms with van der Waals surface area (Å²) >= 11 is 0. The number of nitrogens with zero attached hydrogens (tertiary/aromatic N) is 3. The predicted molar refractivity (Wildman–Crippen MR) is 128 cm³/mol. The molecule has 9 heteroatoms. The van der Waals surface area contributed by atoms with Gasteiger partial charge in [-0.15, -0.1) is 0 Å². The van der Waals surface area contributed by atoms with Gasteiger partial charge in [-0.3, -0.25) is 9.69 Å². The highest BCUT2D eigenvalue weighted by Gasteiger charge is 2.39. The lowest BCUT2D eigenvalue weighted by molar-refractivity contribution is -0.140. The summed E-state index contributed by atoms with van der Waals surface area (Å²) < 4.78 is 29.4. The Balaban J connectivity index is 1.38. The van der Waals surface area contributed by atoms with Crippen molar-refractivity contribution in [3.05, 3.63) is 53.9 Å². The summed E-state index contributed by atoms with van der Waals surface area (Å²) in [4.78, 5) is 30.2. The van der Waals surface area contributed by atoms with Crippen LogP contribution in [0.5, 0.6) is 0 Å². The van der Waals surface area contributed by atoms with Crippen molar-refractivity contribution >= 4 is 34.3 Å². The van der Waals surface area contributed by atoms with Gasteiger partial charge in [0.15, 0.2) is 0 Å². The first kappa shape index (κ1) is 23.7. The molecule has 3 heterocycles. The number of fused-ring (bicyclic) bond motifs is 2. The SMILES string of the molecule is CCCn1ccc2c(NC(=O)NCCc3ccc4c(n3)N(C(=O)C(C)(F)F)CCC4)cccc21. The van der Waals surface area contributed by atoms with E-state index in [2.05, 4.69) is 27.1 Å². The Kier molecular flexibility index (Phi) is 6.81. The van der Waals surface area contributed by atoms with Gasteiger partial charge in [0.2, 0.25) is 0 Å². The molecule has 4 rings (SSSR count). The first-order valence-corrected chi connectivity index (χ1v) is 11.6. The number of hydrogen-bond donors (Lipinski definition) is 2. The molecule has 0 atom stereocenters. The van der Waals surface area contributed by atoms with E-state index in [1.165, 1.54) is 0 Å². The number of carbonyl (C=O) groups excluding carboxylic acids is 2. The predicted octanol–water partition coefficient (Wildman–Crippen LogP) is 4.74. The molecule has 0 radical (unpaired) electrons. The van der Waals surface area contributed by atoms with Crippen molar-refractivity contribution in [2.45, 2.75) is 52.0 Å². The maximum Gasteiger partial charge on any atom is 0.322 e. The molecule has 0 bridgehead atoms. The maximum atomic E-state index is 13.6. The monoisotopic (exact) mass is 469 g/mol. The molecular formula is C25H29F2N5O2. The van der Waals surface area contributed by atoms with Crippen molar-refractivity contribution in [3.8, 4) is 0 Å². The molecule has 1 aliphatic rings. The number of pyridine rings is 1. The van der Waals surface area contributed by atoms with Crippen LogP contribution >= 0.6 is 0 Å². The summed E-state index contributed by atoms with van der Waals surface area (Å²) in [6, 6.07) is 11.1. The lowest BCUT2D eigenvalue weighted by atomic mass is 10.0. The normalized spacial score (nSPS) is 13.6. The van der Waals surface area contributed by atoms with Gasteiger partial charge in [0.05, 0.1) is 11.2 Å². The van der Waals surface area contributed by atoms with Crippen LogP contribution in [-0.4, -0.2) is 40.5 Å². The molecule has 0 saturated carbocycles. The average Bonchev–Trinajstić information content (AvgIpc) is 3.22. The smallest absolute Gasteiger partial charge is 0.322 e. The number of hydrogen-bond acceptors (Lipinski definition) is 3. The molecule has 2 aromatic heterocycles. The van der Waals surface area contributed by atoms with Gasteiger partial charge >= 0.3 is 12.0 Å². The van der Waals surface area contributed by atoms with E-state index in [9.17, 15) is 18.4 Å². The molecule has 1 aromatic carbocycles. The van der Waals surface area contributed by atoms with Crippen LogP contribution in [0.15, 0.2) is 42.6 Å². The van der Waals surface area contributed by atoms with Gasteiger partial charge < -0.3 is 15.2 Å². The highest BCUT2D eigenvalue weighted by atomic mass is 19.3. The Morgan fingerprint density at radius 3 is 2.76 bits per heavy atom. The zero-order valence-electron chi connectivity index (χ0n) is 19.4. The molecule has 0 spiro atoms. The fourth-order valence-corrected chi connectivity index (χ4v) is 4.29. The van der Waals surface area contributed by atoms with Crippen molar-refractivity contribution in [1.82, 2.24) is 14.9 Å². The first-order valence-electron chi connectivity index (χ1n) is 11.6. The Morgan fingerprint density at radius 1 is 1.18 bits per heavy atom. The van der Waals surface area contributed by atoms with Gasteiger partial charge in [-0.25, -0.2) is 9.78 Å². The Bertz CT molecular complexity index is 1200. The highest BCUT2D eigenvalue weighted by Crippen LogP contribution is 2.29. The number of urea groups is 1. The molecule has 1 aliphatic heterocycles. The molecule has 7 nitrogen and oxygen atoms in total. The second kappa shape index (κ2) is 9.79. The van der Waals surface area contributed by atoms with Crippen molar-refractivity contribution in [3.63, 3.8) is 0 Å². The van der Waals surface area contributed by atoms with Crippen LogP contribution in [0.2, 0.25) is 0 Å². The van der Waals surface area contributed by atoms with Gasteiger partial charge in [-0.1, -0.05) is 19.1 Å². The van der Waals surface area contributed by atoms with Crippen molar-refractivity contribution < 1.29 is 18.4 Å². The summed E-state index contributed by atoms with van der Waals surface area (Å²) in [6.45, 7) is 4.16. The van der Waals surface area contributed by atoms with E-state index in [0.29, 0.717) is 44.2 Å². The Morgan fingerprint density at radius 2 is 2.00 bits per heavy atom. The van der Waals surface area contributed by atoms with E-state index in [1.807, 2.05) is 42.6 Å². The zero-order valence-corrected chi connectivity index (χ0v) is 19.4. The number of rotatable bonds is 7. The lowest BCUT2D eigenvalue weighted by Crippen LogP contribution is -2.45. The van der Waals surface area contributed by atoms with Crippen LogP contribution in [0.25, 0.3) is 10.9 Å². The number of halogens is 2. The minimum absolute atomic E-state index is 0.220. The van der Waals surface area contributed by atoms with E-state index in [-0.39, 0.29) is 12.6 Å². The lowest BCUT2D eigenvalue weighted by Gasteiger charge is -2.30. The second-order valence-electron chi connectivity index (χ2n) is 8.61. The average molecular weight is 470 g/mol. The van der Waals surface area contributed by atoms with E-state index in [4.69, 9.17) is 0 Å². The second-order valence-corrected chi connectivity index (χ2v) is 8.61. The minimum Gasteiger partial charge on any atom is -0.347 e. The van der Waals surface area contributed by atoms with Crippen LogP contribution in [0, 0.1) is 0 Å². The van der Waals surface area contributed by atoms with Crippen LogP contribution in [0.1, 0.15) is 37.9 Å². The third-order valence-corrected chi connectivity index (χ3v) is 5.91. The standard InChI is InChI=1S/C25H29F2N5O2/c1-3-14-31-16-12-19-20(7-4-8-21(19)31)30-24(34)28-13-11-18-10-9-17-6-5-15-32(22(17)29-18)23(33)25(2,26)27/h4,7-10,12,16H,3,5-6,11,13-15H2,1-2H3,(H2,28,30,34). The van der Waals surface area contributed by atoms with Crippen LogP contribution in [-0.2, 0) is 24.2 Å². The molecule has 0 saturated heterocycles. The number of carbonyl (C=O) groups is 2. The summed E-state index contributed by atoms with van der Waals surface area (Å²) in [5, 5.41) is 6.68. The van der Waals surface area contributed by atoms with Gasteiger partial charge in [-0.2, -0.15) is 8.78 Å². The number of alkyl halides is 2. The molecule has 0 fully saturated rings. The third-order valence-electron chi connectivity index (χ3n) is 5.91. The molecule has 0 unspecified atom stereocenters. The molecule has 0 aliphatic carbocycles. The number of anilines is 2. The van der Waals surface area contributed by atoms with Crippen LogP contribution in [0.4, 0.5) is 25.1 Å². The summed E-state index contributed by atoms with van der Waals surface area (Å²) in [5.41, 5.74) is 3.19. The molecule has 3 aromatic rings.